The molecular weight excluding hydrogens is 415 g/mol. The Morgan fingerprint density at radius 3 is 2.53 bits per heavy atom. The quantitative estimate of drug-likeness (QED) is 0.408. The van der Waals surface area contributed by atoms with Crippen LogP contribution < -0.4 is 16.0 Å². The number of halogens is 1. The molecule has 3 aromatic rings. The molecule has 1 N–H and O–H groups in total. The average molecular weight is 440 g/mol. The first-order valence-corrected chi connectivity index (χ1v) is 9.99. The molecule has 168 valence electrons. The van der Waals surface area contributed by atoms with E-state index < -0.39 is 11.2 Å². The number of aryl methyl sites for hydroxylation is 1. The molecule has 8 nitrogen and oxygen atoms in total. The minimum Gasteiger partial charge on any atom is -0.425 e. The molecule has 0 saturated carbocycles. The van der Waals surface area contributed by atoms with Gasteiger partial charge >= 0.3 is 11.7 Å². The van der Waals surface area contributed by atoms with E-state index in [1.807, 2.05) is 0 Å². The first-order chi connectivity index (χ1) is 15.3. The SMILES string of the molecule is C=C/C(=C\C(=C)C)Oc1nc2c(c(=O)n(CCCO)c(=O)n2C)n1Cc1ccc(F)cc1. The van der Waals surface area contributed by atoms with E-state index in [9.17, 15) is 14.0 Å². The van der Waals surface area contributed by atoms with Gasteiger partial charge in [0.2, 0.25) is 0 Å². The van der Waals surface area contributed by atoms with Crippen molar-refractivity contribution in [1.82, 2.24) is 18.7 Å². The van der Waals surface area contributed by atoms with Gasteiger partial charge in [-0.25, -0.2) is 9.18 Å². The van der Waals surface area contributed by atoms with Gasteiger partial charge in [-0.15, -0.1) is 0 Å². The Hall–Kier alpha value is -3.72. The molecule has 32 heavy (non-hydrogen) atoms. The van der Waals surface area contributed by atoms with E-state index in [1.165, 1.54) is 34.4 Å². The van der Waals surface area contributed by atoms with Crippen molar-refractivity contribution in [3.8, 4) is 6.01 Å². The van der Waals surface area contributed by atoms with Gasteiger partial charge < -0.3 is 9.84 Å². The van der Waals surface area contributed by atoms with Crippen LogP contribution in [-0.4, -0.2) is 30.4 Å². The number of aliphatic hydroxyl groups excluding tert-OH is 1. The van der Waals surface area contributed by atoms with Crippen molar-refractivity contribution < 1.29 is 14.2 Å². The molecule has 9 heteroatoms. The molecule has 0 fully saturated rings. The maximum atomic E-state index is 13.4. The molecule has 0 aliphatic carbocycles. The first kappa shape index (κ1) is 23.0. The number of allylic oxidation sites excluding steroid dienone is 3. The smallest absolute Gasteiger partial charge is 0.332 e. The zero-order valence-corrected chi connectivity index (χ0v) is 18.0. The van der Waals surface area contributed by atoms with Crippen molar-refractivity contribution in [3.63, 3.8) is 0 Å². The largest absolute Gasteiger partial charge is 0.425 e. The van der Waals surface area contributed by atoms with Crippen LogP contribution in [0.1, 0.15) is 18.9 Å². The molecule has 0 unspecified atom stereocenters. The number of hydrogen-bond acceptors (Lipinski definition) is 5. The van der Waals surface area contributed by atoms with E-state index in [0.717, 1.165) is 10.1 Å². The molecule has 0 spiro atoms. The summed E-state index contributed by atoms with van der Waals surface area (Å²) < 4.78 is 23.2. The lowest BCUT2D eigenvalue weighted by Gasteiger charge is -2.11. The van der Waals surface area contributed by atoms with Crippen molar-refractivity contribution in [3.05, 3.63) is 93.1 Å². The standard InChI is InChI=1S/C23H25FN4O4/c1-5-18(13-15(2)3)32-22-25-20-19(28(22)14-16-7-9-17(24)10-8-16)21(30)27(11-6-12-29)23(31)26(20)4/h5,7-10,13,29H,1-2,6,11-12,14H2,3-4H3/b18-13+. The minimum atomic E-state index is -0.551. The van der Waals surface area contributed by atoms with Gasteiger partial charge in [-0.3, -0.25) is 18.5 Å². The van der Waals surface area contributed by atoms with Crippen LogP contribution in [0.3, 0.4) is 0 Å². The number of rotatable bonds is 9. The normalized spacial score (nSPS) is 11.7. The molecular formula is C23H25FN4O4. The average Bonchev–Trinajstić information content (AvgIpc) is 3.11. The number of nitrogens with zero attached hydrogens (tertiary/aromatic N) is 4. The third kappa shape index (κ3) is 4.62. The van der Waals surface area contributed by atoms with Crippen molar-refractivity contribution in [2.75, 3.05) is 6.61 Å². The summed E-state index contributed by atoms with van der Waals surface area (Å²) in [5.74, 6) is -0.0217. The fourth-order valence-electron chi connectivity index (χ4n) is 3.25. The third-order valence-electron chi connectivity index (χ3n) is 4.79. The van der Waals surface area contributed by atoms with Crippen LogP contribution >= 0.6 is 0 Å². The highest BCUT2D eigenvalue weighted by Crippen LogP contribution is 2.22. The Morgan fingerprint density at radius 2 is 1.94 bits per heavy atom. The van der Waals surface area contributed by atoms with Crippen LogP contribution in [-0.2, 0) is 20.1 Å². The second-order valence-corrected chi connectivity index (χ2v) is 7.35. The van der Waals surface area contributed by atoms with Crippen LogP contribution in [0.4, 0.5) is 4.39 Å². The maximum Gasteiger partial charge on any atom is 0.332 e. The van der Waals surface area contributed by atoms with E-state index in [4.69, 9.17) is 9.84 Å². The summed E-state index contributed by atoms with van der Waals surface area (Å²) in [6.07, 6.45) is 3.39. The van der Waals surface area contributed by atoms with Crippen LogP contribution in [0.25, 0.3) is 11.2 Å². The lowest BCUT2D eigenvalue weighted by atomic mass is 10.2. The summed E-state index contributed by atoms with van der Waals surface area (Å²) in [6.45, 7) is 9.38. The molecule has 3 rings (SSSR count). The number of hydrogen-bond donors (Lipinski definition) is 1. The molecule has 0 atom stereocenters. The summed E-state index contributed by atoms with van der Waals surface area (Å²) in [4.78, 5) is 30.4. The highest BCUT2D eigenvalue weighted by molar-refractivity contribution is 5.72. The van der Waals surface area contributed by atoms with Crippen LogP contribution in [0.2, 0.25) is 0 Å². The predicted molar refractivity (Wildman–Crippen MR) is 120 cm³/mol. The van der Waals surface area contributed by atoms with Crippen LogP contribution in [0.15, 0.2) is 70.5 Å². The Labute approximate surface area is 183 Å². The summed E-state index contributed by atoms with van der Waals surface area (Å²) >= 11 is 0. The number of imidazole rings is 1. The lowest BCUT2D eigenvalue weighted by molar-refractivity contribution is 0.277. The van der Waals surface area contributed by atoms with Gasteiger partial charge in [-0.05, 0) is 43.2 Å². The summed E-state index contributed by atoms with van der Waals surface area (Å²) in [6, 6.07) is 5.90. The monoisotopic (exact) mass is 440 g/mol. The number of benzene rings is 1. The van der Waals surface area contributed by atoms with Gasteiger partial charge in [-0.1, -0.05) is 30.9 Å². The van der Waals surface area contributed by atoms with Gasteiger partial charge in [0.15, 0.2) is 11.2 Å². The molecule has 2 heterocycles. The van der Waals surface area contributed by atoms with Crippen molar-refractivity contribution in [2.45, 2.75) is 26.4 Å². The molecule has 0 bridgehead atoms. The number of fused-ring (bicyclic) bond motifs is 1. The Kier molecular flexibility index (Phi) is 6.89. The highest BCUT2D eigenvalue weighted by Gasteiger charge is 2.22. The van der Waals surface area contributed by atoms with E-state index in [-0.39, 0.29) is 49.1 Å². The predicted octanol–water partition coefficient (Wildman–Crippen LogP) is 2.49. The third-order valence-corrected chi connectivity index (χ3v) is 4.79. The molecule has 0 aliphatic rings. The van der Waals surface area contributed by atoms with Crippen molar-refractivity contribution in [2.24, 2.45) is 7.05 Å². The Morgan fingerprint density at radius 1 is 1.25 bits per heavy atom. The molecule has 0 aliphatic heterocycles. The van der Waals surface area contributed by atoms with Crippen molar-refractivity contribution in [1.29, 1.82) is 0 Å². The lowest BCUT2D eigenvalue weighted by Crippen LogP contribution is -2.39. The molecule has 0 saturated heterocycles. The van der Waals surface area contributed by atoms with E-state index in [2.05, 4.69) is 18.1 Å². The Bertz CT molecular complexity index is 1310. The number of ether oxygens (including phenoxy) is 1. The topological polar surface area (TPSA) is 91.3 Å². The molecule has 0 amide bonds. The second-order valence-electron chi connectivity index (χ2n) is 7.35. The summed E-state index contributed by atoms with van der Waals surface area (Å²) in [7, 11) is 1.51. The van der Waals surface area contributed by atoms with E-state index >= 15 is 0 Å². The molecule has 1 aromatic carbocycles. The maximum absolute atomic E-state index is 13.4. The number of aliphatic hydroxyl groups is 1. The molecule has 0 radical (unpaired) electrons. The van der Waals surface area contributed by atoms with Gasteiger partial charge in [0.05, 0.1) is 6.54 Å². The van der Waals surface area contributed by atoms with Crippen molar-refractivity contribution >= 4 is 11.2 Å². The fraction of sp³-hybridized carbons (Fsp3) is 0.261. The van der Waals surface area contributed by atoms with E-state index in [1.54, 1.807) is 25.1 Å². The zero-order chi connectivity index (χ0) is 23.4. The van der Waals surface area contributed by atoms with Gasteiger partial charge in [0.25, 0.3) is 5.56 Å². The van der Waals surface area contributed by atoms with Crippen LogP contribution in [0, 0.1) is 5.82 Å². The van der Waals surface area contributed by atoms with Gasteiger partial charge in [0.1, 0.15) is 11.6 Å². The fourth-order valence-corrected chi connectivity index (χ4v) is 3.25. The first-order valence-electron chi connectivity index (χ1n) is 9.99. The van der Waals surface area contributed by atoms with Gasteiger partial charge in [0, 0.05) is 20.2 Å². The van der Waals surface area contributed by atoms with Gasteiger partial charge in [-0.2, -0.15) is 4.98 Å². The zero-order valence-electron chi connectivity index (χ0n) is 18.0. The number of aromatic nitrogens is 4. The summed E-state index contributed by atoms with van der Waals surface area (Å²) in [5.41, 5.74) is 0.634. The van der Waals surface area contributed by atoms with Crippen LogP contribution in [0.5, 0.6) is 6.01 Å². The minimum absolute atomic E-state index is 0.0589. The highest BCUT2D eigenvalue weighted by atomic mass is 19.1. The molecule has 2 aromatic heterocycles. The Balaban J connectivity index is 2.28. The van der Waals surface area contributed by atoms with E-state index in [0.29, 0.717) is 11.3 Å². The summed E-state index contributed by atoms with van der Waals surface area (Å²) in [5, 5.41) is 9.15. The second kappa shape index (κ2) is 9.61.